The second kappa shape index (κ2) is 24.7. The topological polar surface area (TPSA) is 61.8 Å². The van der Waals surface area contributed by atoms with Crippen LogP contribution in [0.3, 0.4) is 0 Å². The summed E-state index contributed by atoms with van der Waals surface area (Å²) < 4.78 is 15.8. The standard InChI is InChI=1S/C26H49O5P/c1-3-5-7-9-11-12-13-15-17-19-21-26(28)31-24(23-30-32)22-29-25(27)20-18-16-14-10-8-6-4-2/h7,9,24H,3-6,8,10-23,32H2,1-2H3/b9-7-/t24-/m0/s1. The molecule has 0 aromatic rings. The van der Waals surface area contributed by atoms with Crippen molar-refractivity contribution in [1.29, 1.82) is 0 Å². The summed E-state index contributed by atoms with van der Waals surface area (Å²) in [6, 6.07) is 0. The van der Waals surface area contributed by atoms with Gasteiger partial charge in [-0.05, 0) is 32.1 Å². The normalized spacial score (nSPS) is 12.2. The Bertz CT molecular complexity index is 467. The molecule has 0 N–H and O–H groups in total. The summed E-state index contributed by atoms with van der Waals surface area (Å²) in [7, 11) is 2.15. The number of rotatable bonds is 23. The highest BCUT2D eigenvalue weighted by molar-refractivity contribution is 7.09. The lowest BCUT2D eigenvalue weighted by Gasteiger charge is -2.17. The first-order chi connectivity index (χ1) is 15.6. The molecule has 5 nitrogen and oxygen atoms in total. The van der Waals surface area contributed by atoms with Gasteiger partial charge < -0.3 is 14.0 Å². The molecule has 0 aliphatic rings. The lowest BCUT2D eigenvalue weighted by molar-refractivity contribution is -0.160. The summed E-state index contributed by atoms with van der Waals surface area (Å²) in [5.41, 5.74) is 0. The number of carbonyl (C=O) groups excluding carboxylic acids is 2. The molecule has 0 saturated carbocycles. The summed E-state index contributed by atoms with van der Waals surface area (Å²) in [4.78, 5) is 24.0. The van der Waals surface area contributed by atoms with Crippen molar-refractivity contribution in [3.63, 3.8) is 0 Å². The van der Waals surface area contributed by atoms with Crippen LogP contribution in [0.4, 0.5) is 0 Å². The molecule has 1 unspecified atom stereocenters. The average molecular weight is 473 g/mol. The Morgan fingerprint density at radius 2 is 1.25 bits per heavy atom. The third kappa shape index (κ3) is 22.3. The van der Waals surface area contributed by atoms with Crippen LogP contribution < -0.4 is 0 Å². The second-order valence-corrected chi connectivity index (χ2v) is 8.90. The fourth-order valence-electron chi connectivity index (χ4n) is 3.42. The maximum absolute atomic E-state index is 12.1. The van der Waals surface area contributed by atoms with Crippen molar-refractivity contribution < 1.29 is 23.6 Å². The molecule has 32 heavy (non-hydrogen) atoms. The first kappa shape index (κ1) is 31.1. The quantitative estimate of drug-likeness (QED) is 0.0668. The van der Waals surface area contributed by atoms with E-state index in [2.05, 4.69) is 35.5 Å². The van der Waals surface area contributed by atoms with E-state index in [1.54, 1.807) is 0 Å². The van der Waals surface area contributed by atoms with Crippen molar-refractivity contribution in [1.82, 2.24) is 0 Å². The van der Waals surface area contributed by atoms with Crippen molar-refractivity contribution in [2.75, 3.05) is 13.2 Å². The first-order valence-electron chi connectivity index (χ1n) is 13.0. The zero-order valence-electron chi connectivity index (χ0n) is 20.8. The van der Waals surface area contributed by atoms with Gasteiger partial charge in [0.1, 0.15) is 6.61 Å². The predicted octanol–water partition coefficient (Wildman–Crippen LogP) is 7.48. The van der Waals surface area contributed by atoms with Crippen molar-refractivity contribution in [3.05, 3.63) is 12.2 Å². The van der Waals surface area contributed by atoms with Crippen LogP contribution >= 0.6 is 9.47 Å². The van der Waals surface area contributed by atoms with Crippen molar-refractivity contribution >= 4 is 21.4 Å². The molecule has 0 aliphatic carbocycles. The molecule has 0 spiro atoms. The summed E-state index contributed by atoms with van der Waals surface area (Å²) in [6.07, 6.45) is 21.9. The molecule has 0 fully saturated rings. The van der Waals surface area contributed by atoms with E-state index in [1.807, 2.05) is 0 Å². The van der Waals surface area contributed by atoms with E-state index >= 15 is 0 Å². The molecule has 0 bridgehead atoms. The van der Waals surface area contributed by atoms with E-state index in [0.717, 1.165) is 38.5 Å². The fourth-order valence-corrected chi connectivity index (χ4v) is 3.63. The van der Waals surface area contributed by atoms with Crippen LogP contribution in [0, 0.1) is 0 Å². The molecule has 188 valence electrons. The summed E-state index contributed by atoms with van der Waals surface area (Å²) in [5.74, 6) is -0.476. The SMILES string of the molecule is CCC/C=C\CCCCCCCC(=O)O[C@H](COP)COC(=O)CCCCCCCCC. The molecular formula is C26H49O5P. The third-order valence-electron chi connectivity index (χ3n) is 5.37. The first-order valence-corrected chi connectivity index (χ1v) is 13.4. The van der Waals surface area contributed by atoms with Gasteiger partial charge in [-0.2, -0.15) is 0 Å². The maximum Gasteiger partial charge on any atom is 0.306 e. The zero-order valence-corrected chi connectivity index (χ0v) is 21.9. The van der Waals surface area contributed by atoms with Gasteiger partial charge in [0.05, 0.1) is 6.61 Å². The van der Waals surface area contributed by atoms with Gasteiger partial charge in [0.15, 0.2) is 6.10 Å². The highest BCUT2D eigenvalue weighted by Crippen LogP contribution is 2.11. The lowest BCUT2D eigenvalue weighted by atomic mass is 10.1. The molecule has 0 amide bonds. The van der Waals surface area contributed by atoms with Crippen LogP contribution in [0.5, 0.6) is 0 Å². The Labute approximate surface area is 199 Å². The third-order valence-corrected chi connectivity index (χ3v) is 5.56. The van der Waals surface area contributed by atoms with E-state index in [4.69, 9.17) is 14.0 Å². The number of allylic oxidation sites excluding steroid dienone is 2. The number of ether oxygens (including phenoxy) is 2. The molecule has 2 atom stereocenters. The summed E-state index contributed by atoms with van der Waals surface area (Å²) in [5, 5.41) is 0. The predicted molar refractivity (Wildman–Crippen MR) is 135 cm³/mol. The molecule has 0 saturated heterocycles. The fraction of sp³-hybridized carbons (Fsp3) is 0.846. The van der Waals surface area contributed by atoms with Crippen LogP contribution in [0.1, 0.15) is 123 Å². The Morgan fingerprint density at radius 3 is 1.88 bits per heavy atom. The van der Waals surface area contributed by atoms with E-state index in [-0.39, 0.29) is 25.2 Å². The minimum Gasteiger partial charge on any atom is -0.462 e. The Morgan fingerprint density at radius 1 is 0.688 bits per heavy atom. The molecule has 0 heterocycles. The van der Waals surface area contributed by atoms with Crippen LogP contribution in [-0.2, 0) is 23.6 Å². The molecule has 6 heteroatoms. The number of esters is 2. The number of hydrogen-bond acceptors (Lipinski definition) is 5. The Hall–Kier alpha value is -0.930. The van der Waals surface area contributed by atoms with Gasteiger partial charge in [-0.15, -0.1) is 0 Å². The Balaban J connectivity index is 3.79. The summed E-state index contributed by atoms with van der Waals surface area (Å²) >= 11 is 0. The minimum absolute atomic E-state index is 0.0566. The number of carbonyl (C=O) groups is 2. The molecule has 0 aromatic heterocycles. The van der Waals surface area contributed by atoms with Crippen LogP contribution in [-0.4, -0.2) is 31.3 Å². The molecular weight excluding hydrogens is 423 g/mol. The molecule has 0 aromatic carbocycles. The van der Waals surface area contributed by atoms with Gasteiger partial charge in [0.25, 0.3) is 0 Å². The Kier molecular flexibility index (Phi) is 24.0. The van der Waals surface area contributed by atoms with E-state index < -0.39 is 6.10 Å². The monoisotopic (exact) mass is 472 g/mol. The average Bonchev–Trinajstić information content (AvgIpc) is 2.78. The van der Waals surface area contributed by atoms with E-state index in [9.17, 15) is 9.59 Å². The minimum atomic E-state index is -0.548. The highest BCUT2D eigenvalue weighted by atomic mass is 31.0. The van der Waals surface area contributed by atoms with Gasteiger partial charge in [-0.1, -0.05) is 90.2 Å². The van der Waals surface area contributed by atoms with Gasteiger partial charge in [0.2, 0.25) is 0 Å². The number of hydrogen-bond donors (Lipinski definition) is 0. The molecule has 0 rings (SSSR count). The zero-order chi connectivity index (χ0) is 23.7. The van der Waals surface area contributed by atoms with E-state index in [0.29, 0.717) is 12.8 Å². The lowest BCUT2D eigenvalue weighted by Crippen LogP contribution is -2.28. The van der Waals surface area contributed by atoms with Crippen molar-refractivity contribution in [2.45, 2.75) is 129 Å². The number of unbranched alkanes of at least 4 members (excludes halogenated alkanes) is 12. The summed E-state index contributed by atoms with van der Waals surface area (Å²) in [6.45, 7) is 4.66. The maximum atomic E-state index is 12.1. The van der Waals surface area contributed by atoms with Gasteiger partial charge >= 0.3 is 11.9 Å². The molecule has 0 aliphatic heterocycles. The van der Waals surface area contributed by atoms with Crippen LogP contribution in [0.2, 0.25) is 0 Å². The largest absolute Gasteiger partial charge is 0.462 e. The van der Waals surface area contributed by atoms with Crippen LogP contribution in [0.15, 0.2) is 12.2 Å². The van der Waals surface area contributed by atoms with E-state index in [1.165, 1.54) is 57.8 Å². The van der Waals surface area contributed by atoms with Gasteiger partial charge in [0, 0.05) is 22.3 Å². The van der Waals surface area contributed by atoms with Crippen LogP contribution in [0.25, 0.3) is 0 Å². The van der Waals surface area contributed by atoms with Gasteiger partial charge in [-0.25, -0.2) is 0 Å². The van der Waals surface area contributed by atoms with Gasteiger partial charge in [-0.3, -0.25) is 9.59 Å². The molecule has 0 radical (unpaired) electrons. The van der Waals surface area contributed by atoms with Crippen molar-refractivity contribution in [3.8, 4) is 0 Å². The highest BCUT2D eigenvalue weighted by Gasteiger charge is 2.17. The smallest absolute Gasteiger partial charge is 0.306 e. The van der Waals surface area contributed by atoms with Crippen molar-refractivity contribution in [2.24, 2.45) is 0 Å². The second-order valence-electron chi connectivity index (χ2n) is 8.57.